The largest absolute Gasteiger partial charge is 0.341 e. The van der Waals surface area contributed by atoms with Crippen LogP contribution in [0.5, 0.6) is 0 Å². The van der Waals surface area contributed by atoms with Crippen LogP contribution in [0.15, 0.2) is 20.8 Å². The Hall–Kier alpha value is -1.21. The lowest BCUT2D eigenvalue weighted by atomic mass is 10.4. The van der Waals surface area contributed by atoms with E-state index in [0.29, 0.717) is 5.39 Å². The van der Waals surface area contributed by atoms with Crippen LogP contribution < -0.4 is 5.56 Å². The van der Waals surface area contributed by atoms with Gasteiger partial charge in [-0.25, -0.2) is 4.68 Å². The Balaban J connectivity index is 1.92. The summed E-state index contributed by atoms with van der Waals surface area (Å²) < 4.78 is 2.85. The quantitative estimate of drug-likeness (QED) is 0.837. The van der Waals surface area contributed by atoms with E-state index in [2.05, 4.69) is 21.0 Å². The van der Waals surface area contributed by atoms with E-state index in [-0.39, 0.29) is 18.0 Å². The summed E-state index contributed by atoms with van der Waals surface area (Å²) in [5.74, 6) is -0.0298. The average Bonchev–Trinajstić information content (AvgIpc) is 3.03. The third kappa shape index (κ3) is 2.32. The summed E-state index contributed by atoms with van der Waals surface area (Å²) in [5, 5.41) is 6.54. The highest BCUT2D eigenvalue weighted by Gasteiger charge is 2.19. The van der Waals surface area contributed by atoms with Gasteiger partial charge in [0.2, 0.25) is 5.91 Å². The zero-order valence-corrected chi connectivity index (χ0v) is 12.5. The number of nitrogens with zero attached hydrogens (tertiary/aromatic N) is 3. The molecule has 19 heavy (non-hydrogen) atoms. The molecule has 5 nitrogen and oxygen atoms in total. The zero-order valence-electron chi connectivity index (χ0n) is 10.1. The number of likely N-dealkylation sites (tertiary alicyclic amines) is 1. The number of aromatic nitrogens is 2. The highest BCUT2D eigenvalue weighted by atomic mass is 79.9. The number of fused-ring (bicyclic) bond motifs is 1. The minimum atomic E-state index is -0.210. The molecule has 0 spiro atoms. The topological polar surface area (TPSA) is 55.2 Å². The second-order valence-electron chi connectivity index (χ2n) is 4.52. The van der Waals surface area contributed by atoms with Crippen molar-refractivity contribution in [3.8, 4) is 0 Å². The van der Waals surface area contributed by atoms with Gasteiger partial charge in [-0.3, -0.25) is 9.59 Å². The molecule has 2 aromatic rings. The van der Waals surface area contributed by atoms with Crippen molar-refractivity contribution in [2.75, 3.05) is 13.1 Å². The molecule has 0 unspecified atom stereocenters. The Bertz CT molecular complexity index is 688. The van der Waals surface area contributed by atoms with Crippen LogP contribution in [0.25, 0.3) is 10.1 Å². The van der Waals surface area contributed by atoms with Crippen molar-refractivity contribution in [3.05, 3.63) is 26.4 Å². The first-order chi connectivity index (χ1) is 9.16. The molecule has 100 valence electrons. The van der Waals surface area contributed by atoms with E-state index in [0.717, 1.165) is 35.1 Å². The fraction of sp³-hybridized carbons (Fsp3) is 0.417. The first kappa shape index (κ1) is 12.8. The van der Waals surface area contributed by atoms with Crippen LogP contribution in [0.4, 0.5) is 0 Å². The zero-order chi connectivity index (χ0) is 13.4. The van der Waals surface area contributed by atoms with Crippen molar-refractivity contribution in [2.24, 2.45) is 0 Å². The van der Waals surface area contributed by atoms with Crippen LogP contribution in [-0.2, 0) is 11.3 Å². The lowest BCUT2D eigenvalue weighted by molar-refractivity contribution is -0.131. The number of halogens is 1. The van der Waals surface area contributed by atoms with Gasteiger partial charge in [-0.2, -0.15) is 5.10 Å². The molecular weight excluding hydrogens is 330 g/mol. The molecule has 7 heteroatoms. The van der Waals surface area contributed by atoms with E-state index in [4.69, 9.17) is 0 Å². The monoisotopic (exact) mass is 341 g/mol. The molecule has 1 saturated heterocycles. The summed E-state index contributed by atoms with van der Waals surface area (Å²) in [6.07, 6.45) is 3.73. The molecule has 1 amide bonds. The Labute approximate surface area is 122 Å². The van der Waals surface area contributed by atoms with Gasteiger partial charge in [0.25, 0.3) is 5.56 Å². The highest BCUT2D eigenvalue weighted by Crippen LogP contribution is 2.26. The molecule has 0 radical (unpaired) electrons. The predicted octanol–water partition coefficient (Wildman–Crippen LogP) is 1.84. The second kappa shape index (κ2) is 5.05. The van der Waals surface area contributed by atoms with Crippen molar-refractivity contribution in [2.45, 2.75) is 19.4 Å². The maximum absolute atomic E-state index is 12.3. The first-order valence-electron chi connectivity index (χ1n) is 6.07. The van der Waals surface area contributed by atoms with Crippen LogP contribution >= 0.6 is 27.3 Å². The van der Waals surface area contributed by atoms with E-state index in [9.17, 15) is 9.59 Å². The molecule has 0 aliphatic carbocycles. The van der Waals surface area contributed by atoms with Crippen molar-refractivity contribution in [1.82, 2.24) is 14.7 Å². The molecule has 3 heterocycles. The SMILES string of the molecule is O=C(Cn1ncc2scc(Br)c2c1=O)N1CCCC1. The molecule has 0 N–H and O–H groups in total. The summed E-state index contributed by atoms with van der Waals surface area (Å²) in [4.78, 5) is 26.1. The van der Waals surface area contributed by atoms with Crippen LogP contribution in [0.1, 0.15) is 12.8 Å². The lowest BCUT2D eigenvalue weighted by Gasteiger charge is -2.15. The van der Waals surface area contributed by atoms with Crippen molar-refractivity contribution >= 4 is 43.3 Å². The number of hydrogen-bond acceptors (Lipinski definition) is 4. The number of carbonyl (C=O) groups is 1. The fourth-order valence-corrected chi connectivity index (χ4v) is 3.83. The number of amides is 1. The Morgan fingerprint density at radius 3 is 2.89 bits per heavy atom. The second-order valence-corrected chi connectivity index (χ2v) is 6.28. The van der Waals surface area contributed by atoms with Crippen molar-refractivity contribution in [1.29, 1.82) is 0 Å². The van der Waals surface area contributed by atoms with Gasteiger partial charge >= 0.3 is 0 Å². The van der Waals surface area contributed by atoms with Crippen molar-refractivity contribution in [3.63, 3.8) is 0 Å². The van der Waals surface area contributed by atoms with Gasteiger partial charge in [0.1, 0.15) is 6.54 Å². The summed E-state index contributed by atoms with van der Waals surface area (Å²) >= 11 is 4.82. The van der Waals surface area contributed by atoms with Gasteiger partial charge in [-0.15, -0.1) is 11.3 Å². The first-order valence-corrected chi connectivity index (χ1v) is 7.74. The number of carbonyl (C=O) groups excluding carboxylic acids is 1. The van der Waals surface area contributed by atoms with Crippen molar-refractivity contribution < 1.29 is 4.79 Å². The molecule has 0 saturated carbocycles. The van der Waals surface area contributed by atoms with Crippen LogP contribution in [0.2, 0.25) is 0 Å². The average molecular weight is 342 g/mol. The van der Waals surface area contributed by atoms with Gasteiger partial charge in [0.15, 0.2) is 0 Å². The third-order valence-corrected chi connectivity index (χ3v) is 5.13. The molecule has 3 rings (SSSR count). The molecule has 2 aromatic heterocycles. The van der Waals surface area contributed by atoms with E-state index in [1.54, 1.807) is 11.1 Å². The standard InChI is InChI=1S/C12H12BrN3O2S/c13-8-7-19-9-5-14-16(12(18)11(8)9)6-10(17)15-3-1-2-4-15/h5,7H,1-4,6H2. The Morgan fingerprint density at radius 2 is 2.16 bits per heavy atom. The van der Waals surface area contributed by atoms with E-state index in [1.165, 1.54) is 16.0 Å². The highest BCUT2D eigenvalue weighted by molar-refractivity contribution is 9.10. The maximum atomic E-state index is 12.3. The van der Waals surface area contributed by atoms with E-state index >= 15 is 0 Å². The van der Waals surface area contributed by atoms with E-state index in [1.807, 2.05) is 5.38 Å². The van der Waals surface area contributed by atoms with Gasteiger partial charge in [-0.05, 0) is 28.8 Å². The van der Waals surface area contributed by atoms with Gasteiger partial charge in [0.05, 0.1) is 16.3 Å². The molecule has 0 atom stereocenters. The molecule has 0 bridgehead atoms. The minimum Gasteiger partial charge on any atom is -0.341 e. The smallest absolute Gasteiger partial charge is 0.277 e. The number of hydrogen-bond donors (Lipinski definition) is 0. The number of rotatable bonds is 2. The summed E-state index contributed by atoms with van der Waals surface area (Å²) in [6, 6.07) is 0. The Kier molecular flexibility index (Phi) is 3.40. The van der Waals surface area contributed by atoms with Crippen LogP contribution in [-0.4, -0.2) is 33.7 Å². The molecule has 1 fully saturated rings. The van der Waals surface area contributed by atoms with Gasteiger partial charge < -0.3 is 4.90 Å². The molecule has 0 aromatic carbocycles. The van der Waals surface area contributed by atoms with Gasteiger partial charge in [0, 0.05) is 22.9 Å². The minimum absolute atomic E-state index is 0.0249. The maximum Gasteiger partial charge on any atom is 0.277 e. The lowest BCUT2D eigenvalue weighted by Crippen LogP contribution is -2.35. The van der Waals surface area contributed by atoms with Crippen LogP contribution in [0, 0.1) is 0 Å². The molecular formula is C12H12BrN3O2S. The molecule has 1 aliphatic heterocycles. The predicted molar refractivity (Wildman–Crippen MR) is 77.4 cm³/mol. The third-order valence-electron chi connectivity index (χ3n) is 3.28. The summed E-state index contributed by atoms with van der Waals surface area (Å²) in [7, 11) is 0. The normalized spacial score (nSPS) is 15.3. The van der Waals surface area contributed by atoms with Gasteiger partial charge in [-0.1, -0.05) is 0 Å². The van der Waals surface area contributed by atoms with Crippen LogP contribution in [0.3, 0.4) is 0 Å². The van der Waals surface area contributed by atoms with E-state index < -0.39 is 0 Å². The summed E-state index contributed by atoms with van der Waals surface area (Å²) in [5.41, 5.74) is -0.210. The fourth-order valence-electron chi connectivity index (χ4n) is 2.26. The number of thiophene rings is 1. The summed E-state index contributed by atoms with van der Waals surface area (Å²) in [6.45, 7) is 1.60. The Morgan fingerprint density at radius 1 is 1.42 bits per heavy atom. The molecule has 1 aliphatic rings.